The molecule has 0 fully saturated rings. The zero-order chi connectivity index (χ0) is 13.7. The Bertz CT molecular complexity index is 519. The summed E-state index contributed by atoms with van der Waals surface area (Å²) in [6, 6.07) is 4.70. The standard InChI is InChI=1S/C14H17ClFN3/c1-2-6-17-7-11-8-18-19(9-11)10-12-13(15)4-3-5-14(12)16/h3-5,8-9,17H,2,6-7,10H2,1H3. The van der Waals surface area contributed by atoms with Crippen LogP contribution in [0.15, 0.2) is 30.6 Å². The SMILES string of the molecule is CCCNCc1cnn(Cc2c(F)cccc2Cl)c1. The van der Waals surface area contributed by atoms with E-state index in [9.17, 15) is 4.39 Å². The van der Waals surface area contributed by atoms with Crippen molar-refractivity contribution in [3.05, 3.63) is 52.6 Å². The minimum atomic E-state index is -0.298. The first kappa shape index (κ1) is 14.0. The van der Waals surface area contributed by atoms with Crippen molar-refractivity contribution in [3.8, 4) is 0 Å². The highest BCUT2D eigenvalue weighted by atomic mass is 35.5. The van der Waals surface area contributed by atoms with Crippen molar-refractivity contribution in [2.75, 3.05) is 6.54 Å². The molecule has 1 aromatic heterocycles. The predicted octanol–water partition coefficient (Wildman–Crippen LogP) is 3.22. The van der Waals surface area contributed by atoms with Crippen LogP contribution >= 0.6 is 11.6 Å². The van der Waals surface area contributed by atoms with Gasteiger partial charge in [-0.15, -0.1) is 0 Å². The van der Waals surface area contributed by atoms with E-state index < -0.39 is 0 Å². The van der Waals surface area contributed by atoms with E-state index >= 15 is 0 Å². The molecule has 102 valence electrons. The lowest BCUT2D eigenvalue weighted by Gasteiger charge is -2.05. The van der Waals surface area contributed by atoms with E-state index in [1.165, 1.54) is 6.07 Å². The Morgan fingerprint density at radius 2 is 2.26 bits per heavy atom. The van der Waals surface area contributed by atoms with Crippen LogP contribution in [0.4, 0.5) is 4.39 Å². The van der Waals surface area contributed by atoms with Gasteiger partial charge in [-0.25, -0.2) is 4.39 Å². The van der Waals surface area contributed by atoms with Gasteiger partial charge in [0.15, 0.2) is 0 Å². The number of aromatic nitrogens is 2. The van der Waals surface area contributed by atoms with Gasteiger partial charge in [-0.1, -0.05) is 24.6 Å². The highest BCUT2D eigenvalue weighted by molar-refractivity contribution is 6.31. The summed E-state index contributed by atoms with van der Waals surface area (Å²) in [5.74, 6) is -0.298. The Balaban J connectivity index is 2.03. The first-order valence-corrected chi connectivity index (χ1v) is 6.73. The maximum Gasteiger partial charge on any atom is 0.129 e. The summed E-state index contributed by atoms with van der Waals surface area (Å²) in [5, 5.41) is 7.95. The van der Waals surface area contributed by atoms with E-state index in [1.807, 2.05) is 6.20 Å². The molecule has 0 radical (unpaired) electrons. The lowest BCUT2D eigenvalue weighted by Crippen LogP contribution is -2.13. The molecule has 19 heavy (non-hydrogen) atoms. The molecule has 0 unspecified atom stereocenters. The molecule has 0 amide bonds. The van der Waals surface area contributed by atoms with Crippen LogP contribution < -0.4 is 5.32 Å². The van der Waals surface area contributed by atoms with Gasteiger partial charge in [0, 0.05) is 28.9 Å². The fourth-order valence-corrected chi connectivity index (χ4v) is 2.06. The second kappa shape index (κ2) is 6.68. The zero-order valence-electron chi connectivity index (χ0n) is 10.9. The summed E-state index contributed by atoms with van der Waals surface area (Å²) in [5.41, 5.74) is 1.56. The number of halogens is 2. The Morgan fingerprint density at radius 3 is 3.00 bits per heavy atom. The van der Waals surface area contributed by atoms with Crippen LogP contribution in [0.2, 0.25) is 5.02 Å². The molecule has 3 nitrogen and oxygen atoms in total. The molecule has 1 N–H and O–H groups in total. The summed E-state index contributed by atoms with van der Waals surface area (Å²) in [6.07, 6.45) is 4.79. The summed E-state index contributed by atoms with van der Waals surface area (Å²) in [7, 11) is 0. The van der Waals surface area contributed by atoms with E-state index in [1.54, 1.807) is 23.0 Å². The molecule has 0 atom stereocenters. The molecular weight excluding hydrogens is 265 g/mol. The Kier molecular flexibility index (Phi) is 4.93. The van der Waals surface area contributed by atoms with Gasteiger partial charge in [-0.2, -0.15) is 5.10 Å². The number of hydrogen-bond donors (Lipinski definition) is 1. The molecule has 0 aliphatic carbocycles. The van der Waals surface area contributed by atoms with Gasteiger partial charge < -0.3 is 5.32 Å². The fraction of sp³-hybridized carbons (Fsp3) is 0.357. The summed E-state index contributed by atoms with van der Waals surface area (Å²) in [4.78, 5) is 0. The molecule has 2 aromatic rings. The van der Waals surface area contributed by atoms with Crippen LogP contribution in [0.1, 0.15) is 24.5 Å². The van der Waals surface area contributed by atoms with Gasteiger partial charge >= 0.3 is 0 Å². The van der Waals surface area contributed by atoms with E-state index in [4.69, 9.17) is 11.6 Å². The number of rotatable bonds is 6. The second-order valence-corrected chi connectivity index (χ2v) is 4.83. The van der Waals surface area contributed by atoms with Crippen LogP contribution in [-0.2, 0) is 13.1 Å². The van der Waals surface area contributed by atoms with Crippen molar-refractivity contribution in [2.24, 2.45) is 0 Å². The molecule has 0 bridgehead atoms. The third kappa shape index (κ3) is 3.78. The van der Waals surface area contributed by atoms with Crippen molar-refractivity contribution in [1.29, 1.82) is 0 Å². The quantitative estimate of drug-likeness (QED) is 0.824. The molecule has 0 saturated heterocycles. The van der Waals surface area contributed by atoms with Gasteiger partial charge in [0.2, 0.25) is 0 Å². The Morgan fingerprint density at radius 1 is 1.42 bits per heavy atom. The minimum Gasteiger partial charge on any atom is -0.313 e. The van der Waals surface area contributed by atoms with Crippen molar-refractivity contribution >= 4 is 11.6 Å². The van der Waals surface area contributed by atoms with Gasteiger partial charge in [0.05, 0.1) is 12.7 Å². The molecule has 2 rings (SSSR count). The van der Waals surface area contributed by atoms with Gasteiger partial charge in [0.25, 0.3) is 0 Å². The first-order chi connectivity index (χ1) is 9.20. The average molecular weight is 282 g/mol. The predicted molar refractivity (Wildman–Crippen MR) is 74.7 cm³/mol. The minimum absolute atomic E-state index is 0.298. The van der Waals surface area contributed by atoms with Crippen LogP contribution in [0, 0.1) is 5.82 Å². The Labute approximate surface area is 117 Å². The van der Waals surface area contributed by atoms with Crippen LogP contribution in [-0.4, -0.2) is 16.3 Å². The maximum absolute atomic E-state index is 13.7. The van der Waals surface area contributed by atoms with Crippen LogP contribution in [0.25, 0.3) is 0 Å². The topological polar surface area (TPSA) is 29.9 Å². The summed E-state index contributed by atoms with van der Waals surface area (Å²) >= 11 is 6.00. The van der Waals surface area contributed by atoms with Crippen molar-refractivity contribution in [1.82, 2.24) is 15.1 Å². The highest BCUT2D eigenvalue weighted by Gasteiger charge is 2.08. The Hall–Kier alpha value is -1.39. The summed E-state index contributed by atoms with van der Waals surface area (Å²) < 4.78 is 15.4. The molecule has 1 aromatic carbocycles. The van der Waals surface area contributed by atoms with Gasteiger partial charge in [0.1, 0.15) is 5.82 Å². The highest BCUT2D eigenvalue weighted by Crippen LogP contribution is 2.19. The largest absolute Gasteiger partial charge is 0.313 e. The zero-order valence-corrected chi connectivity index (χ0v) is 11.6. The van der Waals surface area contributed by atoms with E-state index in [2.05, 4.69) is 17.3 Å². The molecule has 0 aliphatic rings. The van der Waals surface area contributed by atoms with E-state index in [-0.39, 0.29) is 5.82 Å². The lowest BCUT2D eigenvalue weighted by atomic mass is 10.2. The van der Waals surface area contributed by atoms with Crippen molar-refractivity contribution < 1.29 is 4.39 Å². The number of nitrogens with zero attached hydrogens (tertiary/aromatic N) is 2. The average Bonchev–Trinajstić information content (AvgIpc) is 2.82. The molecule has 5 heteroatoms. The van der Waals surface area contributed by atoms with Gasteiger partial charge in [-0.3, -0.25) is 4.68 Å². The van der Waals surface area contributed by atoms with Crippen LogP contribution in [0.3, 0.4) is 0 Å². The fourth-order valence-electron chi connectivity index (χ4n) is 1.84. The number of hydrogen-bond acceptors (Lipinski definition) is 2. The molecule has 0 spiro atoms. The number of nitrogens with one attached hydrogen (secondary N) is 1. The monoisotopic (exact) mass is 281 g/mol. The maximum atomic E-state index is 13.7. The van der Waals surface area contributed by atoms with Crippen LogP contribution in [0.5, 0.6) is 0 Å². The van der Waals surface area contributed by atoms with E-state index in [0.717, 1.165) is 25.1 Å². The molecule has 0 saturated carbocycles. The lowest BCUT2D eigenvalue weighted by molar-refractivity contribution is 0.585. The first-order valence-electron chi connectivity index (χ1n) is 6.35. The molecule has 1 heterocycles. The van der Waals surface area contributed by atoms with Gasteiger partial charge in [-0.05, 0) is 25.1 Å². The van der Waals surface area contributed by atoms with Crippen molar-refractivity contribution in [3.63, 3.8) is 0 Å². The number of benzene rings is 1. The smallest absolute Gasteiger partial charge is 0.129 e. The third-order valence-electron chi connectivity index (χ3n) is 2.82. The molecular formula is C14H17ClFN3. The van der Waals surface area contributed by atoms with E-state index in [0.29, 0.717) is 17.1 Å². The summed E-state index contributed by atoms with van der Waals surface area (Å²) in [6.45, 7) is 4.22. The van der Waals surface area contributed by atoms with Crippen molar-refractivity contribution in [2.45, 2.75) is 26.4 Å². The molecule has 0 aliphatic heterocycles. The second-order valence-electron chi connectivity index (χ2n) is 4.42. The normalized spacial score (nSPS) is 10.9. The third-order valence-corrected chi connectivity index (χ3v) is 3.18.